The summed E-state index contributed by atoms with van der Waals surface area (Å²) in [6, 6.07) is 10.4. The van der Waals surface area contributed by atoms with Crippen LogP contribution in [0.15, 0.2) is 30.3 Å². The molecule has 2 rings (SSSR count). The Morgan fingerprint density at radius 1 is 1.38 bits per heavy atom. The fraction of sp³-hybridized carbons (Fsp3) is 0.571. The standard InChI is InChI=1S/C14H21NO/c1-10(2)14(16,9-15)13-8-12(13)11-6-4-3-5-7-11/h3-7,10,12-13,16H,8-9,15H2,1-2H3. The normalized spacial score (nSPS) is 27.8. The third-order valence-electron chi connectivity index (χ3n) is 3.99. The van der Waals surface area contributed by atoms with Gasteiger partial charge in [0.1, 0.15) is 0 Å². The Kier molecular flexibility index (Phi) is 3.04. The second kappa shape index (κ2) is 4.19. The molecule has 1 aliphatic carbocycles. The molecule has 3 atom stereocenters. The average Bonchev–Trinajstić information content (AvgIpc) is 3.09. The topological polar surface area (TPSA) is 46.2 Å². The Balaban J connectivity index is 2.11. The van der Waals surface area contributed by atoms with Crippen molar-refractivity contribution in [3.63, 3.8) is 0 Å². The molecule has 0 amide bonds. The van der Waals surface area contributed by atoms with Crippen LogP contribution in [0.1, 0.15) is 31.7 Å². The SMILES string of the molecule is CC(C)C(O)(CN)C1CC1c1ccccc1. The van der Waals surface area contributed by atoms with Crippen molar-refractivity contribution in [2.24, 2.45) is 17.6 Å². The van der Waals surface area contributed by atoms with Gasteiger partial charge in [-0.25, -0.2) is 0 Å². The van der Waals surface area contributed by atoms with Crippen molar-refractivity contribution >= 4 is 0 Å². The van der Waals surface area contributed by atoms with E-state index in [2.05, 4.69) is 24.3 Å². The molecular formula is C14H21NO. The quantitative estimate of drug-likeness (QED) is 0.815. The third kappa shape index (κ3) is 1.87. The average molecular weight is 219 g/mol. The van der Waals surface area contributed by atoms with Crippen LogP contribution in [-0.4, -0.2) is 17.3 Å². The van der Waals surface area contributed by atoms with Crippen LogP contribution in [0.3, 0.4) is 0 Å². The molecule has 0 saturated heterocycles. The summed E-state index contributed by atoms with van der Waals surface area (Å²) < 4.78 is 0. The number of benzene rings is 1. The van der Waals surface area contributed by atoms with Gasteiger partial charge in [-0.3, -0.25) is 0 Å². The summed E-state index contributed by atoms with van der Waals surface area (Å²) in [5.41, 5.74) is 6.38. The molecule has 2 nitrogen and oxygen atoms in total. The van der Waals surface area contributed by atoms with Crippen LogP contribution >= 0.6 is 0 Å². The number of hydrogen-bond acceptors (Lipinski definition) is 2. The predicted octanol–water partition coefficient (Wildman–Crippen LogP) is 2.14. The lowest BCUT2D eigenvalue weighted by molar-refractivity contribution is -0.0193. The Morgan fingerprint density at radius 2 is 2.00 bits per heavy atom. The van der Waals surface area contributed by atoms with Gasteiger partial charge in [-0.1, -0.05) is 44.2 Å². The lowest BCUT2D eigenvalue weighted by Gasteiger charge is -2.31. The summed E-state index contributed by atoms with van der Waals surface area (Å²) in [4.78, 5) is 0. The Hall–Kier alpha value is -0.860. The van der Waals surface area contributed by atoms with E-state index >= 15 is 0 Å². The molecule has 1 aliphatic rings. The predicted molar refractivity (Wildman–Crippen MR) is 66.1 cm³/mol. The lowest BCUT2D eigenvalue weighted by Crippen LogP contribution is -2.45. The zero-order chi connectivity index (χ0) is 11.8. The molecule has 1 aromatic carbocycles. The lowest BCUT2D eigenvalue weighted by atomic mass is 9.84. The molecule has 3 N–H and O–H groups in total. The highest BCUT2D eigenvalue weighted by molar-refractivity contribution is 5.28. The molecule has 1 aromatic rings. The van der Waals surface area contributed by atoms with Gasteiger partial charge in [0.05, 0.1) is 5.60 Å². The monoisotopic (exact) mass is 219 g/mol. The smallest absolute Gasteiger partial charge is 0.0826 e. The van der Waals surface area contributed by atoms with Gasteiger partial charge < -0.3 is 10.8 Å². The van der Waals surface area contributed by atoms with E-state index in [0.717, 1.165) is 6.42 Å². The van der Waals surface area contributed by atoms with E-state index in [1.54, 1.807) is 0 Å². The summed E-state index contributed by atoms with van der Waals surface area (Å²) >= 11 is 0. The number of hydrogen-bond donors (Lipinski definition) is 2. The molecule has 88 valence electrons. The number of aliphatic hydroxyl groups is 1. The first-order valence-electron chi connectivity index (χ1n) is 6.07. The minimum Gasteiger partial charge on any atom is -0.388 e. The maximum atomic E-state index is 10.5. The Morgan fingerprint density at radius 3 is 2.50 bits per heavy atom. The first kappa shape index (κ1) is 11.6. The van der Waals surface area contributed by atoms with Gasteiger partial charge in [0, 0.05) is 6.54 Å². The summed E-state index contributed by atoms with van der Waals surface area (Å²) in [6.45, 7) is 4.46. The maximum Gasteiger partial charge on any atom is 0.0826 e. The van der Waals surface area contributed by atoms with Gasteiger partial charge in [0.2, 0.25) is 0 Å². The van der Waals surface area contributed by atoms with Crippen LogP contribution in [-0.2, 0) is 0 Å². The van der Waals surface area contributed by atoms with E-state index in [4.69, 9.17) is 5.73 Å². The van der Waals surface area contributed by atoms with E-state index in [1.165, 1.54) is 5.56 Å². The molecular weight excluding hydrogens is 198 g/mol. The molecule has 0 radical (unpaired) electrons. The molecule has 16 heavy (non-hydrogen) atoms. The minimum atomic E-state index is -0.694. The van der Waals surface area contributed by atoms with Crippen LogP contribution in [0.2, 0.25) is 0 Å². The number of nitrogens with two attached hydrogens (primary N) is 1. The van der Waals surface area contributed by atoms with Crippen molar-refractivity contribution in [3.8, 4) is 0 Å². The van der Waals surface area contributed by atoms with Crippen LogP contribution in [0, 0.1) is 11.8 Å². The molecule has 3 unspecified atom stereocenters. The van der Waals surface area contributed by atoms with Crippen LogP contribution in [0.25, 0.3) is 0 Å². The van der Waals surface area contributed by atoms with Crippen LogP contribution in [0.5, 0.6) is 0 Å². The van der Waals surface area contributed by atoms with Gasteiger partial charge in [-0.15, -0.1) is 0 Å². The molecule has 0 aliphatic heterocycles. The Bertz CT molecular complexity index is 349. The molecule has 0 aromatic heterocycles. The van der Waals surface area contributed by atoms with Crippen molar-refractivity contribution in [1.29, 1.82) is 0 Å². The Labute approximate surface area is 97.5 Å². The van der Waals surface area contributed by atoms with E-state index in [9.17, 15) is 5.11 Å². The van der Waals surface area contributed by atoms with Gasteiger partial charge in [0.15, 0.2) is 0 Å². The number of rotatable bonds is 4. The van der Waals surface area contributed by atoms with Gasteiger partial charge in [-0.05, 0) is 29.7 Å². The zero-order valence-electron chi connectivity index (χ0n) is 10.1. The third-order valence-corrected chi connectivity index (χ3v) is 3.99. The van der Waals surface area contributed by atoms with Crippen molar-refractivity contribution in [2.75, 3.05) is 6.54 Å². The molecule has 1 saturated carbocycles. The first-order chi connectivity index (χ1) is 7.59. The van der Waals surface area contributed by atoms with Crippen molar-refractivity contribution in [2.45, 2.75) is 31.8 Å². The van der Waals surface area contributed by atoms with E-state index in [-0.39, 0.29) is 5.92 Å². The van der Waals surface area contributed by atoms with Crippen LogP contribution in [0.4, 0.5) is 0 Å². The minimum absolute atomic E-state index is 0.219. The van der Waals surface area contributed by atoms with Gasteiger partial charge in [0.25, 0.3) is 0 Å². The summed E-state index contributed by atoms with van der Waals surface area (Å²) in [5.74, 6) is 1.05. The summed E-state index contributed by atoms with van der Waals surface area (Å²) in [6.07, 6.45) is 1.07. The zero-order valence-corrected chi connectivity index (χ0v) is 10.1. The van der Waals surface area contributed by atoms with Crippen molar-refractivity contribution in [3.05, 3.63) is 35.9 Å². The molecule has 1 fully saturated rings. The second-order valence-corrected chi connectivity index (χ2v) is 5.21. The summed E-state index contributed by atoms with van der Waals surface area (Å²) in [7, 11) is 0. The van der Waals surface area contributed by atoms with Crippen molar-refractivity contribution in [1.82, 2.24) is 0 Å². The van der Waals surface area contributed by atoms with Gasteiger partial charge >= 0.3 is 0 Å². The van der Waals surface area contributed by atoms with E-state index in [0.29, 0.717) is 18.4 Å². The first-order valence-corrected chi connectivity index (χ1v) is 6.07. The summed E-state index contributed by atoms with van der Waals surface area (Å²) in [5, 5.41) is 10.5. The molecule has 0 bridgehead atoms. The molecule has 2 heteroatoms. The molecule has 0 spiro atoms. The maximum absolute atomic E-state index is 10.5. The second-order valence-electron chi connectivity index (χ2n) is 5.21. The van der Waals surface area contributed by atoms with Crippen molar-refractivity contribution < 1.29 is 5.11 Å². The highest BCUT2D eigenvalue weighted by Gasteiger charge is 2.53. The molecule has 0 heterocycles. The highest BCUT2D eigenvalue weighted by Crippen LogP contribution is 2.55. The highest BCUT2D eigenvalue weighted by atomic mass is 16.3. The fourth-order valence-electron chi connectivity index (χ4n) is 2.63. The van der Waals surface area contributed by atoms with Gasteiger partial charge in [-0.2, -0.15) is 0 Å². The largest absolute Gasteiger partial charge is 0.388 e. The fourth-order valence-corrected chi connectivity index (χ4v) is 2.63. The van der Waals surface area contributed by atoms with E-state index in [1.807, 2.05) is 19.9 Å². The van der Waals surface area contributed by atoms with E-state index < -0.39 is 5.60 Å². The van der Waals surface area contributed by atoms with Crippen LogP contribution < -0.4 is 5.73 Å².